The van der Waals surface area contributed by atoms with Crippen LogP contribution in [0.3, 0.4) is 0 Å². The number of aliphatic carboxylic acids is 1. The minimum Gasteiger partial charge on any atom is -0.480 e. The molecule has 0 amide bonds. The molecule has 0 aliphatic carbocycles. The molecule has 0 saturated carbocycles. The van der Waals surface area contributed by atoms with E-state index in [9.17, 15) is 9.90 Å². The van der Waals surface area contributed by atoms with Crippen molar-refractivity contribution in [3.05, 3.63) is 22.4 Å². The Morgan fingerprint density at radius 1 is 1.73 bits per heavy atom. The molecule has 0 bridgehead atoms. The van der Waals surface area contributed by atoms with Gasteiger partial charge >= 0.3 is 5.97 Å². The van der Waals surface area contributed by atoms with Crippen molar-refractivity contribution >= 4 is 17.3 Å². The molecule has 1 aliphatic rings. The van der Waals surface area contributed by atoms with Crippen molar-refractivity contribution in [1.29, 1.82) is 0 Å². The lowest BCUT2D eigenvalue weighted by Crippen LogP contribution is -2.36. The van der Waals surface area contributed by atoms with E-state index in [1.807, 2.05) is 16.8 Å². The molecule has 2 rings (SSSR count). The van der Waals surface area contributed by atoms with E-state index in [-0.39, 0.29) is 0 Å². The molecule has 4 heteroatoms. The first-order valence-corrected chi connectivity index (χ1v) is 6.15. The molecule has 1 N–H and O–H groups in total. The summed E-state index contributed by atoms with van der Waals surface area (Å²) in [5, 5.41) is 13.2. The van der Waals surface area contributed by atoms with E-state index >= 15 is 0 Å². The number of carboxylic acid groups (broad SMARTS) is 1. The van der Waals surface area contributed by atoms with Crippen LogP contribution >= 0.6 is 11.3 Å². The van der Waals surface area contributed by atoms with E-state index < -0.39 is 12.0 Å². The van der Waals surface area contributed by atoms with E-state index in [2.05, 4.69) is 11.8 Å². The number of carbonyl (C=O) groups is 1. The summed E-state index contributed by atoms with van der Waals surface area (Å²) in [6.45, 7) is 3.00. The molecule has 1 aromatic rings. The SMILES string of the molecule is CC1CCCN1[C@H](C(=O)O)c1ccsc1. The maximum atomic E-state index is 11.3. The van der Waals surface area contributed by atoms with Crippen LogP contribution in [0.25, 0.3) is 0 Å². The third-order valence-corrected chi connectivity index (χ3v) is 3.73. The smallest absolute Gasteiger partial charge is 0.325 e. The Morgan fingerprint density at radius 3 is 3.00 bits per heavy atom. The number of carboxylic acids is 1. The average Bonchev–Trinajstić information content (AvgIpc) is 2.79. The highest BCUT2D eigenvalue weighted by Crippen LogP contribution is 2.30. The second-order valence-corrected chi connectivity index (χ2v) is 4.81. The molecule has 1 aromatic heterocycles. The van der Waals surface area contributed by atoms with Gasteiger partial charge in [-0.3, -0.25) is 9.69 Å². The van der Waals surface area contributed by atoms with Crippen LogP contribution in [-0.4, -0.2) is 28.6 Å². The third-order valence-electron chi connectivity index (χ3n) is 3.03. The van der Waals surface area contributed by atoms with Gasteiger partial charge in [0.15, 0.2) is 0 Å². The lowest BCUT2D eigenvalue weighted by Gasteiger charge is -2.27. The fourth-order valence-corrected chi connectivity index (χ4v) is 2.92. The number of likely N-dealkylation sites (tertiary alicyclic amines) is 1. The minimum absolute atomic E-state index is 0.381. The van der Waals surface area contributed by atoms with Crippen molar-refractivity contribution in [2.24, 2.45) is 0 Å². The van der Waals surface area contributed by atoms with E-state index in [0.717, 1.165) is 24.9 Å². The van der Waals surface area contributed by atoms with Crippen LogP contribution in [0.15, 0.2) is 16.8 Å². The monoisotopic (exact) mass is 225 g/mol. The predicted octanol–water partition coefficient (Wildman–Crippen LogP) is 2.36. The highest BCUT2D eigenvalue weighted by atomic mass is 32.1. The molecule has 0 aromatic carbocycles. The largest absolute Gasteiger partial charge is 0.480 e. The second-order valence-electron chi connectivity index (χ2n) is 4.03. The molecule has 1 fully saturated rings. The first-order valence-electron chi connectivity index (χ1n) is 5.21. The van der Waals surface area contributed by atoms with Crippen LogP contribution in [-0.2, 0) is 4.79 Å². The topological polar surface area (TPSA) is 40.5 Å². The number of thiophene rings is 1. The van der Waals surface area contributed by atoms with Gasteiger partial charge in [0, 0.05) is 6.04 Å². The zero-order chi connectivity index (χ0) is 10.8. The summed E-state index contributed by atoms with van der Waals surface area (Å²) < 4.78 is 0. The summed E-state index contributed by atoms with van der Waals surface area (Å²) in [7, 11) is 0. The van der Waals surface area contributed by atoms with Gasteiger partial charge in [-0.1, -0.05) is 0 Å². The number of hydrogen-bond acceptors (Lipinski definition) is 3. The third kappa shape index (κ3) is 2.06. The summed E-state index contributed by atoms with van der Waals surface area (Å²) in [5.74, 6) is -0.734. The van der Waals surface area contributed by atoms with Crippen molar-refractivity contribution in [3.63, 3.8) is 0 Å². The number of hydrogen-bond donors (Lipinski definition) is 1. The Balaban J connectivity index is 2.24. The highest BCUT2D eigenvalue weighted by molar-refractivity contribution is 7.08. The molecule has 82 valence electrons. The quantitative estimate of drug-likeness (QED) is 0.858. The van der Waals surface area contributed by atoms with Gasteiger partial charge in [0.2, 0.25) is 0 Å². The highest BCUT2D eigenvalue weighted by Gasteiger charge is 2.33. The minimum atomic E-state index is -0.734. The fraction of sp³-hybridized carbons (Fsp3) is 0.545. The molecular weight excluding hydrogens is 210 g/mol. The van der Waals surface area contributed by atoms with Gasteiger partial charge in [-0.25, -0.2) is 0 Å². The standard InChI is InChI=1S/C11H15NO2S/c1-8-3-2-5-12(8)10(11(13)14)9-4-6-15-7-9/h4,6-8,10H,2-3,5H2,1H3,(H,13,14)/t8?,10-/m0/s1. The predicted molar refractivity (Wildman–Crippen MR) is 60.1 cm³/mol. The molecule has 0 spiro atoms. The van der Waals surface area contributed by atoms with Crippen LogP contribution < -0.4 is 0 Å². The Hall–Kier alpha value is -0.870. The maximum absolute atomic E-state index is 11.3. The molecule has 1 saturated heterocycles. The summed E-state index contributed by atoms with van der Waals surface area (Å²) in [5.41, 5.74) is 0.918. The molecule has 2 atom stereocenters. The number of rotatable bonds is 3. The Morgan fingerprint density at radius 2 is 2.53 bits per heavy atom. The van der Waals surface area contributed by atoms with Crippen molar-refractivity contribution in [2.75, 3.05) is 6.54 Å². The van der Waals surface area contributed by atoms with Crippen LogP contribution in [0.5, 0.6) is 0 Å². The van der Waals surface area contributed by atoms with Gasteiger partial charge in [-0.05, 0) is 48.7 Å². The van der Waals surface area contributed by atoms with Crippen molar-refractivity contribution in [3.8, 4) is 0 Å². The Labute approximate surface area is 93.3 Å². The van der Waals surface area contributed by atoms with E-state index in [0.29, 0.717) is 6.04 Å². The van der Waals surface area contributed by atoms with E-state index in [1.165, 1.54) is 0 Å². The molecular formula is C11H15NO2S. The molecule has 15 heavy (non-hydrogen) atoms. The van der Waals surface area contributed by atoms with Gasteiger partial charge < -0.3 is 5.11 Å². The van der Waals surface area contributed by atoms with Crippen molar-refractivity contribution < 1.29 is 9.90 Å². The summed E-state index contributed by atoms with van der Waals surface area (Å²) in [6, 6.07) is 1.84. The maximum Gasteiger partial charge on any atom is 0.325 e. The van der Waals surface area contributed by atoms with Crippen molar-refractivity contribution in [2.45, 2.75) is 31.8 Å². The summed E-state index contributed by atoms with van der Waals surface area (Å²) >= 11 is 1.56. The molecule has 3 nitrogen and oxygen atoms in total. The van der Waals surface area contributed by atoms with Gasteiger partial charge in [0.1, 0.15) is 6.04 Å². The summed E-state index contributed by atoms with van der Waals surface area (Å²) in [6.07, 6.45) is 2.21. The lowest BCUT2D eigenvalue weighted by atomic mass is 10.1. The van der Waals surface area contributed by atoms with Crippen molar-refractivity contribution in [1.82, 2.24) is 4.90 Å². The van der Waals surface area contributed by atoms with Gasteiger partial charge in [-0.15, -0.1) is 0 Å². The van der Waals surface area contributed by atoms with Gasteiger partial charge in [0.25, 0.3) is 0 Å². The van der Waals surface area contributed by atoms with Crippen LogP contribution in [0.1, 0.15) is 31.4 Å². The zero-order valence-electron chi connectivity index (χ0n) is 8.72. The van der Waals surface area contributed by atoms with Gasteiger partial charge in [0.05, 0.1) is 0 Å². The molecule has 0 radical (unpaired) electrons. The number of nitrogens with zero attached hydrogens (tertiary/aromatic N) is 1. The molecule has 1 aliphatic heterocycles. The normalized spacial score (nSPS) is 24.2. The first kappa shape index (κ1) is 10.6. The van der Waals surface area contributed by atoms with Crippen LogP contribution in [0.4, 0.5) is 0 Å². The second kappa shape index (κ2) is 4.33. The molecule has 1 unspecified atom stereocenters. The first-order chi connectivity index (χ1) is 7.20. The lowest BCUT2D eigenvalue weighted by molar-refractivity contribution is -0.143. The molecule has 2 heterocycles. The Kier molecular flexibility index (Phi) is 3.07. The average molecular weight is 225 g/mol. The zero-order valence-corrected chi connectivity index (χ0v) is 9.54. The van der Waals surface area contributed by atoms with Crippen LogP contribution in [0.2, 0.25) is 0 Å². The summed E-state index contributed by atoms with van der Waals surface area (Å²) in [4.78, 5) is 13.4. The van der Waals surface area contributed by atoms with Crippen LogP contribution in [0, 0.1) is 0 Å². The van der Waals surface area contributed by atoms with E-state index in [4.69, 9.17) is 0 Å². The van der Waals surface area contributed by atoms with E-state index in [1.54, 1.807) is 11.3 Å². The van der Waals surface area contributed by atoms with Gasteiger partial charge in [-0.2, -0.15) is 11.3 Å². The Bertz CT molecular complexity index is 336. The fourth-order valence-electron chi connectivity index (χ4n) is 2.25.